The van der Waals surface area contributed by atoms with Gasteiger partial charge in [-0.1, -0.05) is 0 Å². The smallest absolute Gasteiger partial charge is 0.254 e. The van der Waals surface area contributed by atoms with E-state index in [1.54, 1.807) is 13.8 Å². The predicted molar refractivity (Wildman–Crippen MR) is 61.5 cm³/mol. The summed E-state index contributed by atoms with van der Waals surface area (Å²) in [5.74, 6) is -5.00. The first kappa shape index (κ1) is 14.5. The molecule has 0 aliphatic heterocycles. The first-order chi connectivity index (χ1) is 8.20. The van der Waals surface area contributed by atoms with E-state index in [1.807, 2.05) is 0 Å². The molecule has 0 radical (unpaired) electrons. The van der Waals surface area contributed by atoms with E-state index in [1.165, 1.54) is 11.9 Å². The maximum Gasteiger partial charge on any atom is 0.254 e. The summed E-state index contributed by atoms with van der Waals surface area (Å²) in [5.41, 5.74) is 4.58. The predicted octanol–water partition coefficient (Wildman–Crippen LogP) is 1.91. The molecule has 0 bridgehead atoms. The van der Waals surface area contributed by atoms with Crippen molar-refractivity contribution in [2.45, 2.75) is 19.4 Å². The van der Waals surface area contributed by atoms with Gasteiger partial charge in [-0.2, -0.15) is 0 Å². The zero-order chi connectivity index (χ0) is 14.1. The van der Waals surface area contributed by atoms with Crippen LogP contribution in [0.5, 0.6) is 0 Å². The van der Waals surface area contributed by atoms with Crippen molar-refractivity contribution in [2.75, 3.05) is 13.6 Å². The second kappa shape index (κ2) is 4.97. The van der Waals surface area contributed by atoms with Crippen LogP contribution >= 0.6 is 0 Å². The van der Waals surface area contributed by atoms with Gasteiger partial charge in [-0.05, 0) is 26.0 Å². The lowest BCUT2D eigenvalue weighted by atomic mass is 10.0. The first-order valence-corrected chi connectivity index (χ1v) is 5.33. The number of carbonyl (C=O) groups excluding carboxylic acids is 1. The second-order valence-corrected chi connectivity index (χ2v) is 4.63. The SMILES string of the molecule is CN(C(=O)c1cc(F)c(F)c(F)c1)C(C)(C)CN. The van der Waals surface area contributed by atoms with Crippen LogP contribution in [-0.2, 0) is 0 Å². The molecule has 0 atom stereocenters. The van der Waals surface area contributed by atoms with Crippen molar-refractivity contribution >= 4 is 5.91 Å². The highest BCUT2D eigenvalue weighted by Crippen LogP contribution is 2.18. The van der Waals surface area contributed by atoms with Crippen molar-refractivity contribution < 1.29 is 18.0 Å². The number of hydrogen-bond donors (Lipinski definition) is 1. The Morgan fingerprint density at radius 2 is 1.72 bits per heavy atom. The maximum atomic E-state index is 13.0. The molecular weight excluding hydrogens is 245 g/mol. The van der Waals surface area contributed by atoms with E-state index < -0.39 is 28.9 Å². The molecule has 1 aromatic carbocycles. The molecule has 100 valence electrons. The van der Waals surface area contributed by atoms with Gasteiger partial charge in [0.15, 0.2) is 17.5 Å². The largest absolute Gasteiger partial charge is 0.335 e. The van der Waals surface area contributed by atoms with Gasteiger partial charge in [-0.25, -0.2) is 13.2 Å². The zero-order valence-corrected chi connectivity index (χ0v) is 10.4. The van der Waals surface area contributed by atoms with Gasteiger partial charge in [0.25, 0.3) is 5.91 Å². The summed E-state index contributed by atoms with van der Waals surface area (Å²) in [6.07, 6.45) is 0. The van der Waals surface area contributed by atoms with Gasteiger partial charge in [0.2, 0.25) is 0 Å². The molecule has 0 aliphatic rings. The molecule has 2 N–H and O–H groups in total. The molecule has 1 aromatic rings. The van der Waals surface area contributed by atoms with Crippen LogP contribution in [0.1, 0.15) is 24.2 Å². The first-order valence-electron chi connectivity index (χ1n) is 5.33. The van der Waals surface area contributed by atoms with E-state index in [4.69, 9.17) is 5.73 Å². The van der Waals surface area contributed by atoms with Gasteiger partial charge in [-0.15, -0.1) is 0 Å². The van der Waals surface area contributed by atoms with Gasteiger partial charge in [0.05, 0.1) is 0 Å². The lowest BCUT2D eigenvalue weighted by Gasteiger charge is -2.34. The molecule has 0 aliphatic carbocycles. The van der Waals surface area contributed by atoms with Crippen molar-refractivity contribution in [2.24, 2.45) is 5.73 Å². The number of halogens is 3. The molecular formula is C12H15F3N2O. The van der Waals surface area contributed by atoms with Crippen molar-refractivity contribution in [3.63, 3.8) is 0 Å². The summed E-state index contributed by atoms with van der Waals surface area (Å²) < 4.78 is 38.8. The molecule has 0 heterocycles. The Morgan fingerprint density at radius 3 is 2.11 bits per heavy atom. The van der Waals surface area contributed by atoms with Gasteiger partial charge >= 0.3 is 0 Å². The van der Waals surface area contributed by atoms with Crippen LogP contribution in [0.4, 0.5) is 13.2 Å². The maximum absolute atomic E-state index is 13.0. The van der Waals surface area contributed by atoms with Gasteiger partial charge < -0.3 is 10.6 Å². The summed E-state index contributed by atoms with van der Waals surface area (Å²) in [4.78, 5) is 13.2. The average Bonchev–Trinajstić information content (AvgIpc) is 2.33. The second-order valence-electron chi connectivity index (χ2n) is 4.63. The fourth-order valence-electron chi connectivity index (χ4n) is 1.28. The van der Waals surface area contributed by atoms with Crippen molar-refractivity contribution in [1.82, 2.24) is 4.90 Å². The highest BCUT2D eigenvalue weighted by Gasteiger charge is 2.28. The lowest BCUT2D eigenvalue weighted by Crippen LogP contribution is -2.50. The van der Waals surface area contributed by atoms with Crippen molar-refractivity contribution in [3.05, 3.63) is 35.1 Å². The summed E-state index contributed by atoms with van der Waals surface area (Å²) in [7, 11) is 1.47. The third kappa shape index (κ3) is 2.64. The monoisotopic (exact) mass is 260 g/mol. The highest BCUT2D eigenvalue weighted by molar-refractivity contribution is 5.94. The standard InChI is InChI=1S/C12H15F3N2O/c1-12(2,6-16)17(3)11(18)7-4-8(13)10(15)9(14)5-7/h4-5H,6,16H2,1-3H3. The highest BCUT2D eigenvalue weighted by atomic mass is 19.2. The fraction of sp³-hybridized carbons (Fsp3) is 0.417. The van der Waals surface area contributed by atoms with E-state index in [0.29, 0.717) is 12.1 Å². The van der Waals surface area contributed by atoms with E-state index in [0.717, 1.165) is 0 Å². The minimum Gasteiger partial charge on any atom is -0.335 e. The molecule has 0 fully saturated rings. The fourth-order valence-corrected chi connectivity index (χ4v) is 1.28. The van der Waals surface area contributed by atoms with Crippen LogP contribution in [-0.4, -0.2) is 29.9 Å². The van der Waals surface area contributed by atoms with E-state index >= 15 is 0 Å². The van der Waals surface area contributed by atoms with E-state index in [2.05, 4.69) is 0 Å². The molecule has 1 amide bonds. The lowest BCUT2D eigenvalue weighted by molar-refractivity contribution is 0.0639. The van der Waals surface area contributed by atoms with Crippen LogP contribution in [0.15, 0.2) is 12.1 Å². The molecule has 0 aromatic heterocycles. The van der Waals surface area contributed by atoms with Gasteiger partial charge in [0, 0.05) is 24.7 Å². The quantitative estimate of drug-likeness (QED) is 0.844. The molecule has 1 rings (SSSR count). The summed E-state index contributed by atoms with van der Waals surface area (Å²) in [5, 5.41) is 0. The third-order valence-electron chi connectivity index (χ3n) is 2.94. The summed E-state index contributed by atoms with van der Waals surface area (Å²) >= 11 is 0. The Labute approximate surface area is 103 Å². The Morgan fingerprint density at radius 1 is 1.28 bits per heavy atom. The van der Waals surface area contributed by atoms with Gasteiger partial charge in [-0.3, -0.25) is 4.79 Å². The topological polar surface area (TPSA) is 46.3 Å². The molecule has 6 heteroatoms. The molecule has 0 saturated heterocycles. The number of amides is 1. The number of benzene rings is 1. The molecule has 18 heavy (non-hydrogen) atoms. The van der Waals surface area contributed by atoms with Crippen molar-refractivity contribution in [1.29, 1.82) is 0 Å². The molecule has 0 saturated carbocycles. The molecule has 3 nitrogen and oxygen atoms in total. The van der Waals surface area contributed by atoms with Crippen LogP contribution in [0, 0.1) is 17.5 Å². The molecule has 0 spiro atoms. The van der Waals surface area contributed by atoms with Gasteiger partial charge in [0.1, 0.15) is 0 Å². The minimum absolute atomic E-state index is 0.182. The normalized spacial score (nSPS) is 11.5. The number of nitrogens with zero attached hydrogens (tertiary/aromatic N) is 1. The average molecular weight is 260 g/mol. The number of hydrogen-bond acceptors (Lipinski definition) is 2. The van der Waals surface area contributed by atoms with Crippen LogP contribution in [0.2, 0.25) is 0 Å². The Kier molecular flexibility index (Phi) is 4.01. The Balaban J connectivity index is 3.12. The summed E-state index contributed by atoms with van der Waals surface area (Å²) in [6.45, 7) is 3.60. The Hall–Kier alpha value is -1.56. The Bertz CT molecular complexity index is 451. The van der Waals surface area contributed by atoms with Crippen molar-refractivity contribution in [3.8, 4) is 0 Å². The van der Waals surface area contributed by atoms with Crippen LogP contribution in [0.25, 0.3) is 0 Å². The number of rotatable bonds is 3. The number of carbonyl (C=O) groups is 1. The third-order valence-corrected chi connectivity index (χ3v) is 2.94. The van der Waals surface area contributed by atoms with E-state index in [-0.39, 0.29) is 12.1 Å². The number of likely N-dealkylation sites (N-methyl/N-ethyl adjacent to an activating group) is 1. The summed E-state index contributed by atoms with van der Waals surface area (Å²) in [6, 6.07) is 1.34. The van der Waals surface area contributed by atoms with Crippen LogP contribution in [0.3, 0.4) is 0 Å². The van der Waals surface area contributed by atoms with Crippen LogP contribution < -0.4 is 5.73 Å². The zero-order valence-electron chi connectivity index (χ0n) is 10.4. The van der Waals surface area contributed by atoms with E-state index in [9.17, 15) is 18.0 Å². The molecule has 0 unspecified atom stereocenters. The number of nitrogens with two attached hydrogens (primary N) is 1. The minimum atomic E-state index is -1.59.